The SMILES string of the molecule is C/C(=N/NC(=O)c1ccccc1C)c1cccc(NC(=O)c2cccc(Cl)c2)c1. The number of anilines is 1. The van der Waals surface area contributed by atoms with E-state index >= 15 is 0 Å². The summed E-state index contributed by atoms with van der Waals surface area (Å²) in [6, 6.07) is 21.3. The molecule has 0 heterocycles. The van der Waals surface area contributed by atoms with Crippen molar-refractivity contribution in [2.75, 3.05) is 5.32 Å². The monoisotopic (exact) mass is 405 g/mol. The molecule has 0 aromatic heterocycles. The van der Waals surface area contributed by atoms with E-state index in [1.165, 1.54) is 0 Å². The fourth-order valence-corrected chi connectivity index (χ4v) is 2.93. The Kier molecular flexibility index (Phi) is 6.42. The Bertz CT molecular complexity index is 1090. The van der Waals surface area contributed by atoms with Crippen LogP contribution in [0.2, 0.25) is 5.02 Å². The number of amides is 2. The normalized spacial score (nSPS) is 11.1. The molecule has 2 amide bonds. The molecule has 0 saturated heterocycles. The Morgan fingerprint density at radius 1 is 0.862 bits per heavy atom. The van der Waals surface area contributed by atoms with E-state index in [1.54, 1.807) is 49.4 Å². The number of benzene rings is 3. The molecule has 0 spiro atoms. The average Bonchev–Trinajstić information content (AvgIpc) is 2.72. The highest BCUT2D eigenvalue weighted by Crippen LogP contribution is 2.15. The standard InChI is InChI=1S/C23H20ClN3O2/c1-15-7-3-4-12-21(15)23(29)27-26-16(2)17-8-6-11-20(14-17)25-22(28)18-9-5-10-19(24)13-18/h3-14H,1-2H3,(H,25,28)(H,27,29)/b26-16-. The van der Waals surface area contributed by atoms with Crippen LogP contribution in [-0.4, -0.2) is 17.5 Å². The molecule has 0 aliphatic carbocycles. The molecule has 0 aliphatic heterocycles. The molecule has 0 bridgehead atoms. The summed E-state index contributed by atoms with van der Waals surface area (Å²) in [4.78, 5) is 24.7. The van der Waals surface area contributed by atoms with Gasteiger partial charge in [-0.1, -0.05) is 48.0 Å². The molecule has 6 heteroatoms. The van der Waals surface area contributed by atoms with Crippen LogP contribution in [0.15, 0.2) is 77.9 Å². The van der Waals surface area contributed by atoms with E-state index in [2.05, 4.69) is 15.8 Å². The Balaban J connectivity index is 1.71. The third kappa shape index (κ3) is 5.30. The van der Waals surface area contributed by atoms with E-state index in [9.17, 15) is 9.59 Å². The Labute approximate surface area is 174 Å². The number of carbonyl (C=O) groups is 2. The van der Waals surface area contributed by atoms with Gasteiger partial charge in [-0.3, -0.25) is 9.59 Å². The molecule has 3 aromatic carbocycles. The van der Waals surface area contributed by atoms with Crippen LogP contribution in [0, 0.1) is 6.92 Å². The number of hydrazone groups is 1. The maximum Gasteiger partial charge on any atom is 0.271 e. The maximum atomic E-state index is 12.4. The third-order valence-electron chi connectivity index (χ3n) is 4.34. The van der Waals surface area contributed by atoms with Crippen LogP contribution < -0.4 is 10.7 Å². The number of nitrogens with one attached hydrogen (secondary N) is 2. The van der Waals surface area contributed by atoms with Gasteiger partial charge in [0.25, 0.3) is 11.8 Å². The largest absolute Gasteiger partial charge is 0.322 e. The number of hydrogen-bond acceptors (Lipinski definition) is 3. The second-order valence-electron chi connectivity index (χ2n) is 6.50. The highest BCUT2D eigenvalue weighted by Gasteiger charge is 2.09. The van der Waals surface area contributed by atoms with Gasteiger partial charge in [0.2, 0.25) is 0 Å². The summed E-state index contributed by atoms with van der Waals surface area (Å²) in [7, 11) is 0. The van der Waals surface area contributed by atoms with Crippen molar-refractivity contribution < 1.29 is 9.59 Å². The predicted octanol–water partition coefficient (Wildman–Crippen LogP) is 5.05. The van der Waals surface area contributed by atoms with Crippen LogP contribution in [0.3, 0.4) is 0 Å². The molecule has 0 atom stereocenters. The summed E-state index contributed by atoms with van der Waals surface area (Å²) in [5.41, 5.74) is 6.51. The lowest BCUT2D eigenvalue weighted by atomic mass is 10.1. The minimum Gasteiger partial charge on any atom is -0.322 e. The van der Waals surface area contributed by atoms with Gasteiger partial charge in [-0.2, -0.15) is 5.10 Å². The zero-order chi connectivity index (χ0) is 20.8. The molecule has 0 fully saturated rings. The predicted molar refractivity (Wildman–Crippen MR) is 117 cm³/mol. The van der Waals surface area contributed by atoms with E-state index in [0.29, 0.717) is 27.5 Å². The van der Waals surface area contributed by atoms with Gasteiger partial charge < -0.3 is 5.32 Å². The van der Waals surface area contributed by atoms with Crippen molar-refractivity contribution in [3.05, 3.63) is 100 Å². The third-order valence-corrected chi connectivity index (χ3v) is 4.57. The molecule has 5 nitrogen and oxygen atoms in total. The van der Waals surface area contributed by atoms with E-state index in [0.717, 1.165) is 11.1 Å². The number of halogens is 1. The molecule has 2 N–H and O–H groups in total. The second kappa shape index (κ2) is 9.17. The smallest absolute Gasteiger partial charge is 0.271 e. The van der Waals surface area contributed by atoms with Gasteiger partial charge in [0.1, 0.15) is 0 Å². The Morgan fingerprint density at radius 3 is 2.34 bits per heavy atom. The van der Waals surface area contributed by atoms with Gasteiger partial charge in [-0.25, -0.2) is 5.43 Å². The molecule has 3 aromatic rings. The molecule has 0 radical (unpaired) electrons. The van der Waals surface area contributed by atoms with Crippen molar-refractivity contribution in [2.24, 2.45) is 5.10 Å². The number of nitrogens with zero attached hydrogens (tertiary/aromatic N) is 1. The van der Waals surface area contributed by atoms with E-state index in [4.69, 9.17) is 11.6 Å². The van der Waals surface area contributed by atoms with Crippen LogP contribution in [0.4, 0.5) is 5.69 Å². The summed E-state index contributed by atoms with van der Waals surface area (Å²) < 4.78 is 0. The lowest BCUT2D eigenvalue weighted by Gasteiger charge is -2.08. The highest BCUT2D eigenvalue weighted by molar-refractivity contribution is 6.31. The lowest BCUT2D eigenvalue weighted by molar-refractivity contribution is 0.0953. The first-order valence-electron chi connectivity index (χ1n) is 9.01. The Hall–Kier alpha value is -3.44. The summed E-state index contributed by atoms with van der Waals surface area (Å²) in [5, 5.41) is 7.53. The molecule has 146 valence electrons. The average molecular weight is 406 g/mol. The van der Waals surface area contributed by atoms with Crippen LogP contribution in [0.5, 0.6) is 0 Å². The zero-order valence-corrected chi connectivity index (χ0v) is 16.8. The van der Waals surface area contributed by atoms with Crippen LogP contribution in [0.25, 0.3) is 0 Å². The summed E-state index contributed by atoms with van der Waals surface area (Å²) >= 11 is 5.94. The summed E-state index contributed by atoms with van der Waals surface area (Å²) in [5.74, 6) is -0.528. The molecule has 0 unspecified atom stereocenters. The van der Waals surface area contributed by atoms with Gasteiger partial charge in [-0.15, -0.1) is 0 Å². The van der Waals surface area contributed by atoms with E-state index in [-0.39, 0.29) is 11.8 Å². The van der Waals surface area contributed by atoms with Crippen LogP contribution >= 0.6 is 11.6 Å². The van der Waals surface area contributed by atoms with E-state index < -0.39 is 0 Å². The fourth-order valence-electron chi connectivity index (χ4n) is 2.74. The molecule has 0 aliphatic rings. The quantitative estimate of drug-likeness (QED) is 0.460. The van der Waals surface area contributed by atoms with Gasteiger partial charge >= 0.3 is 0 Å². The van der Waals surface area contributed by atoms with Crippen molar-refractivity contribution in [2.45, 2.75) is 13.8 Å². The van der Waals surface area contributed by atoms with Crippen molar-refractivity contribution in [1.29, 1.82) is 0 Å². The molecule has 29 heavy (non-hydrogen) atoms. The van der Waals surface area contributed by atoms with Gasteiger partial charge in [0, 0.05) is 21.8 Å². The number of carbonyl (C=O) groups excluding carboxylic acids is 2. The summed E-state index contributed by atoms with van der Waals surface area (Å²) in [6.45, 7) is 3.66. The first kappa shape index (κ1) is 20.3. The van der Waals surface area contributed by atoms with Crippen molar-refractivity contribution >= 4 is 34.8 Å². The summed E-state index contributed by atoms with van der Waals surface area (Å²) in [6.07, 6.45) is 0. The van der Waals surface area contributed by atoms with E-state index in [1.807, 2.05) is 37.3 Å². The minimum atomic E-state index is -0.270. The van der Waals surface area contributed by atoms with Crippen molar-refractivity contribution in [1.82, 2.24) is 5.43 Å². The molecular weight excluding hydrogens is 386 g/mol. The molecule has 0 saturated carbocycles. The number of aryl methyl sites for hydroxylation is 1. The number of hydrogen-bond donors (Lipinski definition) is 2. The minimum absolute atomic E-state index is 0.257. The van der Waals surface area contributed by atoms with Crippen LogP contribution in [-0.2, 0) is 0 Å². The van der Waals surface area contributed by atoms with Crippen molar-refractivity contribution in [3.63, 3.8) is 0 Å². The first-order chi connectivity index (χ1) is 13.9. The van der Waals surface area contributed by atoms with Crippen molar-refractivity contribution in [3.8, 4) is 0 Å². The molecular formula is C23H20ClN3O2. The maximum absolute atomic E-state index is 12.4. The lowest BCUT2D eigenvalue weighted by Crippen LogP contribution is -2.20. The number of rotatable bonds is 5. The fraction of sp³-hybridized carbons (Fsp3) is 0.0870. The molecule has 3 rings (SSSR count). The highest BCUT2D eigenvalue weighted by atomic mass is 35.5. The van der Waals surface area contributed by atoms with Crippen LogP contribution in [0.1, 0.15) is 38.8 Å². The first-order valence-corrected chi connectivity index (χ1v) is 9.39. The zero-order valence-electron chi connectivity index (χ0n) is 16.1. The Morgan fingerprint density at radius 2 is 1.59 bits per heavy atom. The van der Waals surface area contributed by atoms with Gasteiger partial charge in [0.05, 0.1) is 5.71 Å². The topological polar surface area (TPSA) is 70.6 Å². The van der Waals surface area contributed by atoms with Gasteiger partial charge in [-0.05, 0) is 61.4 Å². The second-order valence-corrected chi connectivity index (χ2v) is 6.93. The van der Waals surface area contributed by atoms with Gasteiger partial charge in [0.15, 0.2) is 0 Å².